The van der Waals surface area contributed by atoms with Crippen molar-refractivity contribution >= 4 is 17.2 Å². The summed E-state index contributed by atoms with van der Waals surface area (Å²) >= 11 is 1.47. The summed E-state index contributed by atoms with van der Waals surface area (Å²) in [5.74, 6) is 0.582. The Kier molecular flexibility index (Phi) is 5.52. The molecule has 0 aliphatic carbocycles. The Balaban J connectivity index is 1.97. The number of amides is 1. The summed E-state index contributed by atoms with van der Waals surface area (Å²) < 4.78 is 5.32. The van der Waals surface area contributed by atoms with Gasteiger partial charge in [-0.05, 0) is 32.1 Å². The topological polar surface area (TPSA) is 58.4 Å². The number of rotatable bonds is 7. The van der Waals surface area contributed by atoms with Crippen LogP contribution in [-0.4, -0.2) is 42.0 Å². The fourth-order valence-corrected chi connectivity index (χ4v) is 2.94. The zero-order chi connectivity index (χ0) is 15.2. The van der Waals surface area contributed by atoms with E-state index in [-0.39, 0.29) is 5.91 Å². The molecule has 21 heavy (non-hydrogen) atoms. The molecule has 0 aliphatic heterocycles. The molecule has 0 unspecified atom stereocenters. The minimum Gasteiger partial charge on any atom is -0.462 e. The Labute approximate surface area is 129 Å². The third-order valence-corrected chi connectivity index (χ3v) is 4.34. The van der Waals surface area contributed by atoms with Gasteiger partial charge in [0.15, 0.2) is 10.8 Å². The standard InChI is InChI=1S/C15H21N3O2S/c1-4-18(5-2)9-8-16-14(19)13-11(3)21-15(17-13)12-7-6-10-20-12/h6-7,10H,4-5,8-9H2,1-3H3,(H,16,19). The number of furan rings is 1. The summed E-state index contributed by atoms with van der Waals surface area (Å²) in [6, 6.07) is 3.66. The van der Waals surface area contributed by atoms with Crippen molar-refractivity contribution in [3.8, 4) is 10.8 Å². The quantitative estimate of drug-likeness (QED) is 0.854. The van der Waals surface area contributed by atoms with Crippen molar-refractivity contribution in [1.29, 1.82) is 0 Å². The lowest BCUT2D eigenvalue weighted by atomic mass is 10.3. The second kappa shape index (κ2) is 7.38. The highest BCUT2D eigenvalue weighted by atomic mass is 32.1. The maximum atomic E-state index is 12.2. The Morgan fingerprint density at radius 1 is 1.43 bits per heavy atom. The van der Waals surface area contributed by atoms with Crippen LogP contribution in [0.5, 0.6) is 0 Å². The number of hydrogen-bond acceptors (Lipinski definition) is 5. The van der Waals surface area contributed by atoms with Crippen LogP contribution in [0.25, 0.3) is 10.8 Å². The van der Waals surface area contributed by atoms with Gasteiger partial charge in [-0.15, -0.1) is 11.3 Å². The first-order valence-corrected chi connectivity index (χ1v) is 7.99. The van der Waals surface area contributed by atoms with E-state index in [1.54, 1.807) is 6.26 Å². The van der Waals surface area contributed by atoms with Gasteiger partial charge in [0.2, 0.25) is 0 Å². The molecule has 0 saturated carbocycles. The van der Waals surface area contributed by atoms with Gasteiger partial charge >= 0.3 is 0 Å². The van der Waals surface area contributed by atoms with Gasteiger partial charge in [-0.2, -0.15) is 0 Å². The van der Waals surface area contributed by atoms with Crippen LogP contribution in [0.4, 0.5) is 0 Å². The number of likely N-dealkylation sites (N-methyl/N-ethyl adjacent to an activating group) is 1. The average molecular weight is 307 g/mol. The first-order valence-electron chi connectivity index (χ1n) is 7.17. The van der Waals surface area contributed by atoms with Crippen LogP contribution < -0.4 is 5.32 Å². The summed E-state index contributed by atoms with van der Waals surface area (Å²) in [5.41, 5.74) is 0.492. The summed E-state index contributed by atoms with van der Waals surface area (Å²) in [6.45, 7) is 9.61. The average Bonchev–Trinajstić information content (AvgIpc) is 3.12. The summed E-state index contributed by atoms with van der Waals surface area (Å²) in [7, 11) is 0. The molecular weight excluding hydrogens is 286 g/mol. The molecule has 0 atom stereocenters. The van der Waals surface area contributed by atoms with E-state index in [0.29, 0.717) is 18.0 Å². The van der Waals surface area contributed by atoms with Gasteiger partial charge < -0.3 is 14.6 Å². The summed E-state index contributed by atoms with van der Waals surface area (Å²) in [4.78, 5) is 19.8. The number of hydrogen-bond donors (Lipinski definition) is 1. The molecule has 6 heteroatoms. The molecule has 0 aliphatic rings. The van der Waals surface area contributed by atoms with Crippen molar-refractivity contribution < 1.29 is 9.21 Å². The van der Waals surface area contributed by atoms with Crippen LogP contribution in [0.3, 0.4) is 0 Å². The Morgan fingerprint density at radius 2 is 2.19 bits per heavy atom. The van der Waals surface area contributed by atoms with Gasteiger partial charge in [-0.25, -0.2) is 4.98 Å². The van der Waals surface area contributed by atoms with E-state index in [1.807, 2.05) is 19.1 Å². The summed E-state index contributed by atoms with van der Waals surface area (Å²) in [5, 5.41) is 3.67. The fourth-order valence-electron chi connectivity index (χ4n) is 2.06. The molecule has 1 amide bonds. The number of carbonyl (C=O) groups is 1. The van der Waals surface area contributed by atoms with Crippen molar-refractivity contribution in [3.63, 3.8) is 0 Å². The first kappa shape index (κ1) is 15.7. The lowest BCUT2D eigenvalue weighted by Gasteiger charge is -2.17. The van der Waals surface area contributed by atoms with Crippen molar-refractivity contribution in [2.24, 2.45) is 0 Å². The van der Waals surface area contributed by atoms with E-state index in [0.717, 1.165) is 29.5 Å². The van der Waals surface area contributed by atoms with Gasteiger partial charge in [-0.1, -0.05) is 13.8 Å². The van der Waals surface area contributed by atoms with E-state index in [1.165, 1.54) is 11.3 Å². The normalized spacial score (nSPS) is 11.0. The highest BCUT2D eigenvalue weighted by Crippen LogP contribution is 2.27. The molecule has 5 nitrogen and oxygen atoms in total. The van der Waals surface area contributed by atoms with Crippen molar-refractivity contribution in [1.82, 2.24) is 15.2 Å². The maximum Gasteiger partial charge on any atom is 0.271 e. The molecule has 1 N–H and O–H groups in total. The Morgan fingerprint density at radius 3 is 2.81 bits per heavy atom. The SMILES string of the molecule is CCN(CC)CCNC(=O)c1nc(-c2ccco2)sc1C. The van der Waals surface area contributed by atoms with Crippen molar-refractivity contribution in [2.45, 2.75) is 20.8 Å². The van der Waals surface area contributed by atoms with E-state index in [2.05, 4.69) is 29.0 Å². The van der Waals surface area contributed by atoms with Gasteiger partial charge in [0.1, 0.15) is 5.69 Å². The van der Waals surface area contributed by atoms with Crippen LogP contribution in [0, 0.1) is 6.92 Å². The van der Waals surface area contributed by atoms with Crippen LogP contribution in [0.2, 0.25) is 0 Å². The Hall–Kier alpha value is -1.66. The van der Waals surface area contributed by atoms with Gasteiger partial charge in [0.25, 0.3) is 5.91 Å². The number of carbonyl (C=O) groups excluding carboxylic acids is 1. The zero-order valence-electron chi connectivity index (χ0n) is 12.7. The lowest BCUT2D eigenvalue weighted by molar-refractivity contribution is 0.0944. The highest BCUT2D eigenvalue weighted by Gasteiger charge is 2.17. The number of nitrogens with zero attached hydrogens (tertiary/aromatic N) is 2. The molecular formula is C15H21N3O2S. The Bertz CT molecular complexity index is 574. The smallest absolute Gasteiger partial charge is 0.271 e. The minimum absolute atomic E-state index is 0.117. The predicted octanol–water partition coefficient (Wildman–Crippen LogP) is 2.78. The third kappa shape index (κ3) is 3.92. The van der Waals surface area contributed by atoms with Crippen LogP contribution >= 0.6 is 11.3 Å². The molecule has 0 saturated heterocycles. The van der Waals surface area contributed by atoms with Crippen molar-refractivity contribution in [3.05, 3.63) is 29.0 Å². The third-order valence-electron chi connectivity index (χ3n) is 3.35. The highest BCUT2D eigenvalue weighted by molar-refractivity contribution is 7.15. The largest absolute Gasteiger partial charge is 0.462 e. The van der Waals surface area contributed by atoms with Gasteiger partial charge in [-0.3, -0.25) is 4.79 Å². The second-order valence-corrected chi connectivity index (χ2v) is 5.89. The van der Waals surface area contributed by atoms with Crippen LogP contribution in [0.15, 0.2) is 22.8 Å². The van der Waals surface area contributed by atoms with Gasteiger partial charge in [0.05, 0.1) is 6.26 Å². The minimum atomic E-state index is -0.117. The molecule has 2 aromatic rings. The second-order valence-electron chi connectivity index (χ2n) is 4.68. The zero-order valence-corrected chi connectivity index (χ0v) is 13.5. The molecule has 0 radical (unpaired) electrons. The number of nitrogens with one attached hydrogen (secondary N) is 1. The molecule has 114 valence electrons. The number of aryl methyl sites for hydroxylation is 1. The summed E-state index contributed by atoms with van der Waals surface area (Å²) in [6.07, 6.45) is 1.61. The predicted molar refractivity (Wildman–Crippen MR) is 84.7 cm³/mol. The van der Waals surface area contributed by atoms with Crippen LogP contribution in [-0.2, 0) is 0 Å². The number of aromatic nitrogens is 1. The van der Waals surface area contributed by atoms with Gasteiger partial charge in [0, 0.05) is 18.0 Å². The van der Waals surface area contributed by atoms with E-state index < -0.39 is 0 Å². The molecule has 2 aromatic heterocycles. The monoisotopic (exact) mass is 307 g/mol. The molecule has 2 heterocycles. The van der Waals surface area contributed by atoms with E-state index >= 15 is 0 Å². The van der Waals surface area contributed by atoms with E-state index in [9.17, 15) is 4.79 Å². The molecule has 0 bridgehead atoms. The molecule has 2 rings (SSSR count). The van der Waals surface area contributed by atoms with E-state index in [4.69, 9.17) is 4.42 Å². The molecule has 0 fully saturated rings. The maximum absolute atomic E-state index is 12.2. The van der Waals surface area contributed by atoms with Crippen molar-refractivity contribution in [2.75, 3.05) is 26.2 Å². The lowest BCUT2D eigenvalue weighted by Crippen LogP contribution is -2.35. The number of thiazole rings is 1. The molecule has 0 aromatic carbocycles. The first-order chi connectivity index (χ1) is 10.2. The molecule has 0 spiro atoms. The fraction of sp³-hybridized carbons (Fsp3) is 0.467. The van der Waals surface area contributed by atoms with Crippen LogP contribution in [0.1, 0.15) is 29.2 Å².